The number of hydrogen-bond acceptors (Lipinski definition) is 2. The van der Waals surface area contributed by atoms with Crippen molar-refractivity contribution in [2.45, 2.75) is 46.1 Å². The Morgan fingerprint density at radius 1 is 1.33 bits per heavy atom. The van der Waals surface area contributed by atoms with E-state index < -0.39 is 11.4 Å². The summed E-state index contributed by atoms with van der Waals surface area (Å²) < 4.78 is 0. The van der Waals surface area contributed by atoms with Crippen LogP contribution in [0, 0.1) is 12.3 Å². The summed E-state index contributed by atoms with van der Waals surface area (Å²) in [5.74, 6) is -0.990. The molecule has 1 heterocycles. The van der Waals surface area contributed by atoms with Crippen LogP contribution >= 0.6 is 0 Å². The van der Waals surface area contributed by atoms with Gasteiger partial charge in [0.1, 0.15) is 0 Å². The second-order valence-corrected chi connectivity index (χ2v) is 6.47. The molecule has 1 N–H and O–H groups in total. The van der Waals surface area contributed by atoms with Crippen LogP contribution in [0.25, 0.3) is 0 Å². The molecule has 1 saturated heterocycles. The van der Waals surface area contributed by atoms with Crippen LogP contribution in [-0.2, 0) is 9.59 Å². The van der Waals surface area contributed by atoms with E-state index in [4.69, 9.17) is 0 Å². The van der Waals surface area contributed by atoms with Crippen molar-refractivity contribution in [1.29, 1.82) is 0 Å². The summed E-state index contributed by atoms with van der Waals surface area (Å²) in [4.78, 5) is 25.6. The number of aliphatic carboxylic acids is 1. The van der Waals surface area contributed by atoms with Crippen LogP contribution in [0.1, 0.15) is 50.3 Å². The Hall–Kier alpha value is -1.84. The van der Waals surface area contributed by atoms with Gasteiger partial charge in [-0.3, -0.25) is 9.59 Å². The van der Waals surface area contributed by atoms with Gasteiger partial charge in [0.05, 0.1) is 11.5 Å². The van der Waals surface area contributed by atoms with E-state index in [9.17, 15) is 14.7 Å². The SMILES string of the molecule is Cc1ccccc1C1CCCN1C(=O)CC(C)(C)C(=O)O. The maximum atomic E-state index is 12.5. The van der Waals surface area contributed by atoms with Crippen molar-refractivity contribution in [1.82, 2.24) is 4.90 Å². The van der Waals surface area contributed by atoms with Crippen molar-refractivity contribution >= 4 is 11.9 Å². The van der Waals surface area contributed by atoms with Crippen molar-refractivity contribution in [3.8, 4) is 0 Å². The minimum atomic E-state index is -1.02. The highest BCUT2D eigenvalue weighted by molar-refractivity contribution is 5.84. The molecule has 0 radical (unpaired) electrons. The number of benzene rings is 1. The van der Waals surface area contributed by atoms with Gasteiger partial charge in [-0.15, -0.1) is 0 Å². The van der Waals surface area contributed by atoms with Gasteiger partial charge < -0.3 is 10.0 Å². The zero-order valence-corrected chi connectivity index (χ0v) is 12.9. The molecule has 4 heteroatoms. The molecule has 0 aliphatic carbocycles. The van der Waals surface area contributed by atoms with Crippen LogP contribution < -0.4 is 0 Å². The number of carbonyl (C=O) groups is 2. The van der Waals surface area contributed by atoms with Gasteiger partial charge in [-0.05, 0) is 44.7 Å². The number of likely N-dealkylation sites (tertiary alicyclic amines) is 1. The highest BCUT2D eigenvalue weighted by atomic mass is 16.4. The van der Waals surface area contributed by atoms with E-state index in [1.807, 2.05) is 17.0 Å². The molecule has 0 bridgehead atoms. The fourth-order valence-corrected chi connectivity index (χ4v) is 2.90. The van der Waals surface area contributed by atoms with Crippen molar-refractivity contribution in [2.24, 2.45) is 5.41 Å². The molecule has 1 aliphatic heterocycles. The Kier molecular flexibility index (Phi) is 4.35. The molecule has 1 fully saturated rings. The van der Waals surface area contributed by atoms with Crippen LogP contribution in [-0.4, -0.2) is 28.4 Å². The van der Waals surface area contributed by atoms with Crippen molar-refractivity contribution in [3.05, 3.63) is 35.4 Å². The lowest BCUT2D eigenvalue weighted by Gasteiger charge is -2.29. The Bertz CT molecular complexity index is 551. The van der Waals surface area contributed by atoms with E-state index in [1.165, 1.54) is 11.1 Å². The normalized spacial score (nSPS) is 18.8. The van der Waals surface area contributed by atoms with Crippen molar-refractivity contribution in [3.63, 3.8) is 0 Å². The first-order valence-electron chi connectivity index (χ1n) is 7.41. The zero-order valence-electron chi connectivity index (χ0n) is 12.9. The van der Waals surface area contributed by atoms with E-state index >= 15 is 0 Å². The molecule has 1 aromatic rings. The molecule has 1 amide bonds. The van der Waals surface area contributed by atoms with Crippen molar-refractivity contribution < 1.29 is 14.7 Å². The van der Waals surface area contributed by atoms with E-state index in [-0.39, 0.29) is 18.4 Å². The smallest absolute Gasteiger partial charge is 0.309 e. The zero-order chi connectivity index (χ0) is 15.6. The van der Waals surface area contributed by atoms with Gasteiger partial charge in [-0.2, -0.15) is 0 Å². The average Bonchev–Trinajstić information content (AvgIpc) is 2.87. The number of carboxylic acid groups (broad SMARTS) is 1. The van der Waals surface area contributed by atoms with Crippen LogP contribution in [0.2, 0.25) is 0 Å². The summed E-state index contributed by atoms with van der Waals surface area (Å²) in [6.45, 7) is 5.98. The maximum absolute atomic E-state index is 12.5. The summed E-state index contributed by atoms with van der Waals surface area (Å²) in [5, 5.41) is 9.19. The fourth-order valence-electron chi connectivity index (χ4n) is 2.90. The Morgan fingerprint density at radius 3 is 2.62 bits per heavy atom. The second-order valence-electron chi connectivity index (χ2n) is 6.47. The summed E-state index contributed by atoms with van der Waals surface area (Å²) in [5.41, 5.74) is 1.34. The third-order valence-corrected chi connectivity index (χ3v) is 4.29. The quantitative estimate of drug-likeness (QED) is 0.926. The lowest BCUT2D eigenvalue weighted by molar-refractivity contribution is -0.151. The minimum absolute atomic E-state index is 0.0463. The lowest BCUT2D eigenvalue weighted by Crippen LogP contribution is -2.36. The van der Waals surface area contributed by atoms with Crippen LogP contribution in [0.3, 0.4) is 0 Å². The van der Waals surface area contributed by atoms with Crippen LogP contribution in [0.4, 0.5) is 0 Å². The standard InChI is InChI=1S/C17H23NO3/c1-12-7-4-5-8-13(12)14-9-6-10-18(14)15(19)11-17(2,3)16(20)21/h4-5,7-8,14H,6,9-11H2,1-3H3,(H,20,21). The number of rotatable bonds is 4. The molecule has 2 rings (SSSR count). The maximum Gasteiger partial charge on any atom is 0.309 e. The van der Waals surface area contributed by atoms with Crippen LogP contribution in [0.15, 0.2) is 24.3 Å². The van der Waals surface area contributed by atoms with Crippen LogP contribution in [0.5, 0.6) is 0 Å². The molecular weight excluding hydrogens is 266 g/mol. The van der Waals surface area contributed by atoms with Gasteiger partial charge in [-0.25, -0.2) is 0 Å². The number of nitrogens with zero attached hydrogens (tertiary/aromatic N) is 1. The predicted octanol–water partition coefficient (Wildman–Crippen LogP) is 3.16. The molecule has 4 nitrogen and oxygen atoms in total. The number of hydrogen-bond donors (Lipinski definition) is 1. The summed E-state index contributed by atoms with van der Waals surface area (Å²) in [6, 6.07) is 8.19. The first-order chi connectivity index (χ1) is 9.83. The molecule has 1 aliphatic rings. The highest BCUT2D eigenvalue weighted by Gasteiger charge is 2.36. The second kappa shape index (κ2) is 5.88. The summed E-state index contributed by atoms with van der Waals surface area (Å²) in [6.07, 6.45) is 1.97. The largest absolute Gasteiger partial charge is 0.481 e. The summed E-state index contributed by atoms with van der Waals surface area (Å²) >= 11 is 0. The minimum Gasteiger partial charge on any atom is -0.481 e. The topological polar surface area (TPSA) is 57.6 Å². The number of aryl methyl sites for hydroxylation is 1. The molecule has 0 spiro atoms. The number of amides is 1. The lowest BCUT2D eigenvalue weighted by atomic mass is 9.88. The summed E-state index contributed by atoms with van der Waals surface area (Å²) in [7, 11) is 0. The first kappa shape index (κ1) is 15.5. The van der Waals surface area contributed by atoms with E-state index in [0.717, 1.165) is 12.8 Å². The molecule has 1 atom stereocenters. The monoisotopic (exact) mass is 289 g/mol. The Balaban J connectivity index is 2.18. The molecule has 21 heavy (non-hydrogen) atoms. The number of carbonyl (C=O) groups excluding carboxylic acids is 1. The Morgan fingerprint density at radius 2 is 2.00 bits per heavy atom. The van der Waals surface area contributed by atoms with Gasteiger partial charge in [0.15, 0.2) is 0 Å². The van der Waals surface area contributed by atoms with E-state index in [1.54, 1.807) is 13.8 Å². The highest BCUT2D eigenvalue weighted by Crippen LogP contribution is 2.35. The van der Waals surface area contributed by atoms with Gasteiger partial charge in [-0.1, -0.05) is 24.3 Å². The average molecular weight is 289 g/mol. The molecule has 0 aromatic heterocycles. The molecule has 1 aromatic carbocycles. The Labute approximate surface area is 125 Å². The van der Waals surface area contributed by atoms with E-state index in [2.05, 4.69) is 19.1 Å². The fraction of sp³-hybridized carbons (Fsp3) is 0.529. The number of carboxylic acids is 1. The van der Waals surface area contributed by atoms with Gasteiger partial charge >= 0.3 is 5.97 Å². The van der Waals surface area contributed by atoms with E-state index in [0.29, 0.717) is 6.54 Å². The first-order valence-corrected chi connectivity index (χ1v) is 7.41. The van der Waals surface area contributed by atoms with Gasteiger partial charge in [0.25, 0.3) is 0 Å². The van der Waals surface area contributed by atoms with Gasteiger partial charge in [0, 0.05) is 13.0 Å². The van der Waals surface area contributed by atoms with Gasteiger partial charge in [0.2, 0.25) is 5.91 Å². The molecule has 1 unspecified atom stereocenters. The third kappa shape index (κ3) is 3.26. The van der Waals surface area contributed by atoms with Crippen molar-refractivity contribution in [2.75, 3.05) is 6.54 Å². The third-order valence-electron chi connectivity index (χ3n) is 4.29. The predicted molar refractivity (Wildman–Crippen MR) is 80.9 cm³/mol. The molecule has 114 valence electrons. The molecular formula is C17H23NO3. The molecule has 0 saturated carbocycles.